The lowest BCUT2D eigenvalue weighted by atomic mass is 10.0. The van der Waals surface area contributed by atoms with Crippen molar-refractivity contribution >= 4 is 35.8 Å². The van der Waals surface area contributed by atoms with Crippen LogP contribution in [-0.2, 0) is 9.53 Å². The number of rotatable bonds is 12. The van der Waals surface area contributed by atoms with Gasteiger partial charge in [0.15, 0.2) is 5.96 Å². The van der Waals surface area contributed by atoms with Gasteiger partial charge in [-0.2, -0.15) is 0 Å². The van der Waals surface area contributed by atoms with Gasteiger partial charge in [0.1, 0.15) is 0 Å². The molecule has 0 aliphatic carbocycles. The van der Waals surface area contributed by atoms with Crippen LogP contribution in [-0.4, -0.2) is 99.5 Å². The van der Waals surface area contributed by atoms with E-state index < -0.39 is 0 Å². The van der Waals surface area contributed by atoms with Crippen LogP contribution in [0.25, 0.3) is 0 Å². The van der Waals surface area contributed by atoms with E-state index in [1.54, 1.807) is 7.11 Å². The lowest BCUT2D eigenvalue weighted by molar-refractivity contribution is -0.122. The van der Waals surface area contributed by atoms with Crippen LogP contribution in [0.5, 0.6) is 0 Å². The van der Waals surface area contributed by atoms with Gasteiger partial charge in [-0.25, -0.2) is 0 Å². The molecule has 0 aromatic heterocycles. The Bertz CT molecular complexity index is 426. The van der Waals surface area contributed by atoms with Gasteiger partial charge >= 0.3 is 0 Å². The van der Waals surface area contributed by atoms with Gasteiger partial charge in [-0.15, -0.1) is 24.0 Å². The maximum Gasteiger partial charge on any atom is 0.234 e. The van der Waals surface area contributed by atoms with Crippen LogP contribution < -0.4 is 10.6 Å². The van der Waals surface area contributed by atoms with E-state index in [9.17, 15) is 9.90 Å². The number of aliphatic imine (C=N–C) groups is 1. The maximum atomic E-state index is 11.9. The largest absolute Gasteiger partial charge is 0.396 e. The molecular formula is C19H40IN5O3. The summed E-state index contributed by atoms with van der Waals surface area (Å²) in [6.07, 6.45) is 3.01. The second kappa shape index (κ2) is 17.2. The Hall–Kier alpha value is -0.650. The highest BCUT2D eigenvalue weighted by molar-refractivity contribution is 14.0. The van der Waals surface area contributed by atoms with E-state index in [1.807, 2.05) is 0 Å². The monoisotopic (exact) mass is 513 g/mol. The molecule has 1 aliphatic heterocycles. The molecule has 166 valence electrons. The number of halogens is 1. The first-order valence-electron chi connectivity index (χ1n) is 10.3. The highest BCUT2D eigenvalue weighted by atomic mass is 127. The lowest BCUT2D eigenvalue weighted by Crippen LogP contribution is -2.54. The first-order chi connectivity index (χ1) is 13.1. The first kappa shape index (κ1) is 27.4. The van der Waals surface area contributed by atoms with Crippen molar-refractivity contribution in [3.63, 3.8) is 0 Å². The number of hydrogen-bond acceptors (Lipinski definition) is 5. The minimum absolute atomic E-state index is 0. The Balaban J connectivity index is 0.00000729. The second-order valence-corrected chi connectivity index (χ2v) is 6.97. The molecule has 8 nitrogen and oxygen atoms in total. The van der Waals surface area contributed by atoms with Crippen LogP contribution in [0.3, 0.4) is 0 Å². The van der Waals surface area contributed by atoms with Gasteiger partial charge in [0.25, 0.3) is 0 Å². The summed E-state index contributed by atoms with van der Waals surface area (Å²) >= 11 is 0. The molecule has 9 heteroatoms. The Labute approximate surface area is 187 Å². The van der Waals surface area contributed by atoms with Crippen molar-refractivity contribution in [1.29, 1.82) is 0 Å². The number of ether oxygens (including phenoxy) is 1. The molecule has 28 heavy (non-hydrogen) atoms. The maximum absolute atomic E-state index is 11.9. The number of hydrogen-bond donors (Lipinski definition) is 3. The number of nitrogens with zero attached hydrogens (tertiary/aromatic N) is 3. The minimum Gasteiger partial charge on any atom is -0.396 e. The molecule has 1 atom stereocenters. The van der Waals surface area contributed by atoms with Crippen molar-refractivity contribution in [2.24, 2.45) is 10.9 Å². The number of aliphatic hydroxyl groups excluding tert-OH is 1. The summed E-state index contributed by atoms with van der Waals surface area (Å²) in [7, 11) is 1.63. The van der Waals surface area contributed by atoms with Gasteiger partial charge in [-0.3, -0.25) is 14.7 Å². The number of aliphatic hydroxyl groups is 1. The summed E-state index contributed by atoms with van der Waals surface area (Å²) in [5.74, 6) is 1.43. The number of amides is 1. The Morgan fingerprint density at radius 3 is 2.46 bits per heavy atom. The summed E-state index contributed by atoms with van der Waals surface area (Å²) in [5.41, 5.74) is 0. The quantitative estimate of drug-likeness (QED) is 0.155. The fourth-order valence-corrected chi connectivity index (χ4v) is 3.23. The molecule has 1 heterocycles. The number of nitrogens with one attached hydrogen (secondary N) is 2. The zero-order valence-electron chi connectivity index (χ0n) is 17.8. The van der Waals surface area contributed by atoms with Gasteiger partial charge in [-0.1, -0.05) is 13.3 Å². The average molecular weight is 513 g/mol. The standard InChI is InChI=1S/C19H39N5O3.HI/c1-4-6-17(7-13-25)15-22-19(20-5-2)24-11-9-23(10-12-24)16-18(26)21-8-14-27-3;/h17,25H,4-16H2,1-3H3,(H,20,22)(H,21,26);1H. The van der Waals surface area contributed by atoms with Gasteiger partial charge in [0, 0.05) is 59.5 Å². The van der Waals surface area contributed by atoms with Crippen LogP contribution in [0.15, 0.2) is 4.99 Å². The van der Waals surface area contributed by atoms with Crippen LogP contribution in [0, 0.1) is 5.92 Å². The molecule has 0 aromatic rings. The van der Waals surface area contributed by atoms with Gasteiger partial charge in [0.2, 0.25) is 5.91 Å². The summed E-state index contributed by atoms with van der Waals surface area (Å²) in [6.45, 7) is 11.0. The van der Waals surface area contributed by atoms with Crippen molar-refractivity contribution in [3.05, 3.63) is 0 Å². The topological polar surface area (TPSA) is 89.4 Å². The molecule has 0 bridgehead atoms. The molecule has 0 saturated carbocycles. The third-order valence-electron chi connectivity index (χ3n) is 4.74. The number of carbonyl (C=O) groups is 1. The van der Waals surface area contributed by atoms with E-state index in [1.165, 1.54) is 0 Å². The summed E-state index contributed by atoms with van der Waals surface area (Å²) < 4.78 is 4.95. The molecule has 1 amide bonds. The molecule has 1 aliphatic rings. The van der Waals surface area contributed by atoms with Crippen molar-refractivity contribution in [2.75, 3.05) is 72.7 Å². The minimum atomic E-state index is 0. The summed E-state index contributed by atoms with van der Waals surface area (Å²) in [6, 6.07) is 0. The Morgan fingerprint density at radius 1 is 1.18 bits per heavy atom. The van der Waals surface area contributed by atoms with E-state index in [-0.39, 0.29) is 36.5 Å². The molecule has 0 radical (unpaired) electrons. The molecule has 1 saturated heterocycles. The van der Waals surface area contributed by atoms with Crippen molar-refractivity contribution in [2.45, 2.75) is 33.1 Å². The number of carbonyl (C=O) groups excluding carboxylic acids is 1. The van der Waals surface area contributed by atoms with Crippen LogP contribution in [0.2, 0.25) is 0 Å². The predicted octanol–water partition coefficient (Wildman–Crippen LogP) is 0.749. The number of piperazine rings is 1. The van der Waals surface area contributed by atoms with E-state index in [2.05, 4.69) is 34.3 Å². The van der Waals surface area contributed by atoms with Gasteiger partial charge in [0.05, 0.1) is 13.2 Å². The first-order valence-corrected chi connectivity index (χ1v) is 10.3. The Kier molecular flexibility index (Phi) is 16.8. The predicted molar refractivity (Wildman–Crippen MR) is 124 cm³/mol. The van der Waals surface area contributed by atoms with Crippen LogP contribution >= 0.6 is 24.0 Å². The SMILES string of the molecule is CCCC(CCO)CN=C(NCC)N1CCN(CC(=O)NCCOC)CC1.I. The van der Waals surface area contributed by atoms with Crippen LogP contribution in [0.4, 0.5) is 0 Å². The van der Waals surface area contributed by atoms with Crippen molar-refractivity contribution in [1.82, 2.24) is 20.4 Å². The summed E-state index contributed by atoms with van der Waals surface area (Å²) in [4.78, 5) is 21.2. The third-order valence-corrected chi connectivity index (χ3v) is 4.74. The Morgan fingerprint density at radius 2 is 1.89 bits per heavy atom. The molecule has 0 aromatic carbocycles. The molecule has 1 fully saturated rings. The van der Waals surface area contributed by atoms with Crippen LogP contribution in [0.1, 0.15) is 33.1 Å². The van der Waals surface area contributed by atoms with E-state index in [0.717, 1.165) is 64.5 Å². The fourth-order valence-electron chi connectivity index (χ4n) is 3.23. The smallest absolute Gasteiger partial charge is 0.234 e. The molecule has 3 N–H and O–H groups in total. The highest BCUT2D eigenvalue weighted by Gasteiger charge is 2.21. The highest BCUT2D eigenvalue weighted by Crippen LogP contribution is 2.12. The average Bonchev–Trinajstić information content (AvgIpc) is 2.66. The normalized spacial score (nSPS) is 16.4. The number of methoxy groups -OCH3 is 1. The number of guanidine groups is 1. The molecule has 1 unspecified atom stereocenters. The van der Waals surface area contributed by atoms with Crippen molar-refractivity contribution in [3.8, 4) is 0 Å². The van der Waals surface area contributed by atoms with E-state index in [4.69, 9.17) is 9.73 Å². The van der Waals surface area contributed by atoms with Gasteiger partial charge in [-0.05, 0) is 25.7 Å². The molecular weight excluding hydrogens is 473 g/mol. The summed E-state index contributed by atoms with van der Waals surface area (Å²) in [5, 5.41) is 15.5. The molecule has 0 spiro atoms. The van der Waals surface area contributed by atoms with E-state index in [0.29, 0.717) is 25.6 Å². The second-order valence-electron chi connectivity index (χ2n) is 6.97. The third kappa shape index (κ3) is 11.4. The van der Waals surface area contributed by atoms with Gasteiger partial charge < -0.3 is 25.4 Å². The lowest BCUT2D eigenvalue weighted by Gasteiger charge is -2.36. The fraction of sp³-hybridized carbons (Fsp3) is 0.895. The van der Waals surface area contributed by atoms with E-state index >= 15 is 0 Å². The zero-order chi connectivity index (χ0) is 19.9. The zero-order valence-corrected chi connectivity index (χ0v) is 20.1. The van der Waals surface area contributed by atoms with Crippen molar-refractivity contribution < 1.29 is 14.6 Å². The molecule has 1 rings (SSSR count).